The van der Waals surface area contributed by atoms with Crippen molar-refractivity contribution in [3.8, 4) is 5.69 Å². The number of piperazine rings is 1. The first kappa shape index (κ1) is 18.7. The van der Waals surface area contributed by atoms with Crippen molar-refractivity contribution >= 4 is 29.1 Å². The largest absolute Gasteiger partial charge is 0.368 e. The highest BCUT2D eigenvalue weighted by Crippen LogP contribution is 2.27. The smallest absolute Gasteiger partial charge is 0.330 e. The first-order valence-electron chi connectivity index (χ1n) is 9.22. The summed E-state index contributed by atoms with van der Waals surface area (Å²) in [6.45, 7) is 6.35. The van der Waals surface area contributed by atoms with E-state index in [1.165, 1.54) is 0 Å². The maximum Gasteiger partial charge on any atom is 0.330 e. The SMILES string of the molecule is C=Cc1ccccc1-n1c(N2CCNCC2)nc2c1c(=O)[nH]c(=O)n2CC(N)=O. The Balaban J connectivity index is 2.11. The zero-order valence-corrected chi connectivity index (χ0v) is 15.7. The highest BCUT2D eigenvalue weighted by molar-refractivity contribution is 5.81. The fraction of sp³-hybridized carbons (Fsp3) is 0.263. The molecule has 0 atom stereocenters. The molecule has 1 aliphatic rings. The topological polar surface area (TPSA) is 131 Å². The number of fused-ring (bicyclic) bond motifs is 1. The summed E-state index contributed by atoms with van der Waals surface area (Å²) < 4.78 is 2.81. The van der Waals surface area contributed by atoms with Crippen LogP contribution in [0.3, 0.4) is 0 Å². The molecule has 0 spiro atoms. The van der Waals surface area contributed by atoms with Crippen molar-refractivity contribution < 1.29 is 4.79 Å². The van der Waals surface area contributed by atoms with Gasteiger partial charge < -0.3 is 16.0 Å². The molecular formula is C19H21N7O3. The summed E-state index contributed by atoms with van der Waals surface area (Å²) in [4.78, 5) is 45.6. The maximum absolute atomic E-state index is 12.8. The molecule has 0 unspecified atom stereocenters. The first-order chi connectivity index (χ1) is 14.0. The van der Waals surface area contributed by atoms with Gasteiger partial charge in [0.1, 0.15) is 6.54 Å². The maximum atomic E-state index is 12.8. The molecule has 3 aromatic rings. The lowest BCUT2D eigenvalue weighted by atomic mass is 10.1. The minimum Gasteiger partial charge on any atom is -0.368 e. The van der Waals surface area contributed by atoms with E-state index in [4.69, 9.17) is 5.73 Å². The van der Waals surface area contributed by atoms with Gasteiger partial charge in [-0.3, -0.25) is 23.7 Å². The van der Waals surface area contributed by atoms with Crippen LogP contribution in [-0.2, 0) is 11.3 Å². The number of imidazole rings is 1. The summed E-state index contributed by atoms with van der Waals surface area (Å²) in [6, 6.07) is 7.46. The Kier molecular flexibility index (Phi) is 4.77. The highest BCUT2D eigenvalue weighted by Gasteiger charge is 2.25. The summed E-state index contributed by atoms with van der Waals surface area (Å²) in [6.07, 6.45) is 1.69. The van der Waals surface area contributed by atoms with Gasteiger partial charge in [0, 0.05) is 26.2 Å². The zero-order valence-electron chi connectivity index (χ0n) is 15.7. The van der Waals surface area contributed by atoms with E-state index in [1.54, 1.807) is 10.6 Å². The predicted molar refractivity (Wildman–Crippen MR) is 110 cm³/mol. The standard InChI is InChI=1S/C19H21N7O3/c1-2-12-5-3-4-6-13(12)26-15-16(22-18(26)24-9-7-21-8-10-24)25(11-14(20)27)19(29)23-17(15)28/h2-6,21H,1,7-11H2,(H2,20,27)(H,23,28,29). The Morgan fingerprint density at radius 2 is 1.97 bits per heavy atom. The van der Waals surface area contributed by atoms with E-state index in [0.29, 0.717) is 24.7 Å². The number of aromatic nitrogens is 4. The molecule has 10 heteroatoms. The van der Waals surface area contributed by atoms with Gasteiger partial charge >= 0.3 is 5.69 Å². The van der Waals surface area contributed by atoms with Crippen molar-refractivity contribution in [1.82, 2.24) is 24.4 Å². The minimum absolute atomic E-state index is 0.116. The molecular weight excluding hydrogens is 374 g/mol. The number of nitrogens with one attached hydrogen (secondary N) is 2. The van der Waals surface area contributed by atoms with Crippen LogP contribution in [0.5, 0.6) is 0 Å². The van der Waals surface area contributed by atoms with Crippen LogP contribution in [0.2, 0.25) is 0 Å². The average molecular weight is 395 g/mol. The van der Waals surface area contributed by atoms with E-state index in [-0.39, 0.29) is 17.7 Å². The molecule has 1 amide bonds. The number of rotatable bonds is 5. The predicted octanol–water partition coefficient (Wildman–Crippen LogP) is -0.587. The van der Waals surface area contributed by atoms with Gasteiger partial charge in [-0.05, 0) is 11.6 Å². The molecule has 0 bridgehead atoms. The molecule has 1 saturated heterocycles. The van der Waals surface area contributed by atoms with E-state index in [2.05, 4.69) is 21.9 Å². The number of H-pyrrole nitrogens is 1. The molecule has 1 aromatic carbocycles. The molecule has 3 heterocycles. The summed E-state index contributed by atoms with van der Waals surface area (Å²) >= 11 is 0. The average Bonchev–Trinajstić information content (AvgIpc) is 3.12. The summed E-state index contributed by atoms with van der Waals surface area (Å²) in [7, 11) is 0. The van der Waals surface area contributed by atoms with Gasteiger partial charge in [-0.25, -0.2) is 4.79 Å². The van der Waals surface area contributed by atoms with Gasteiger partial charge in [0.2, 0.25) is 11.9 Å². The van der Waals surface area contributed by atoms with Crippen LogP contribution in [0.15, 0.2) is 40.4 Å². The number of carbonyl (C=O) groups excluding carboxylic acids is 1. The summed E-state index contributed by atoms with van der Waals surface area (Å²) in [5.74, 6) is -0.185. The van der Waals surface area contributed by atoms with Gasteiger partial charge in [-0.2, -0.15) is 4.98 Å². The third-order valence-corrected chi connectivity index (χ3v) is 4.89. The Labute approximate surface area is 165 Å². The second kappa shape index (κ2) is 7.40. The number of nitrogens with two attached hydrogens (primary N) is 1. The Bertz CT molecular complexity index is 1210. The lowest BCUT2D eigenvalue weighted by molar-refractivity contribution is -0.118. The Hall–Kier alpha value is -3.66. The number of hydrogen-bond donors (Lipinski definition) is 3. The molecule has 0 radical (unpaired) electrons. The van der Waals surface area contributed by atoms with Crippen molar-refractivity contribution in [2.45, 2.75) is 6.54 Å². The second-order valence-corrected chi connectivity index (χ2v) is 6.73. The molecule has 150 valence electrons. The van der Waals surface area contributed by atoms with Gasteiger partial charge in [0.25, 0.3) is 5.56 Å². The van der Waals surface area contributed by atoms with Gasteiger partial charge in [0.15, 0.2) is 11.2 Å². The van der Waals surface area contributed by atoms with Crippen molar-refractivity contribution in [1.29, 1.82) is 0 Å². The number of amides is 1. The van der Waals surface area contributed by atoms with E-state index in [0.717, 1.165) is 23.2 Å². The number of primary amides is 1. The number of benzene rings is 1. The van der Waals surface area contributed by atoms with E-state index < -0.39 is 17.2 Å². The Morgan fingerprint density at radius 1 is 1.24 bits per heavy atom. The van der Waals surface area contributed by atoms with Crippen LogP contribution in [0, 0.1) is 0 Å². The van der Waals surface area contributed by atoms with Gasteiger partial charge in [-0.15, -0.1) is 0 Å². The van der Waals surface area contributed by atoms with E-state index in [1.807, 2.05) is 29.2 Å². The fourth-order valence-corrected chi connectivity index (χ4v) is 3.58. The van der Waals surface area contributed by atoms with Crippen molar-refractivity contribution in [3.05, 3.63) is 57.2 Å². The Morgan fingerprint density at radius 3 is 2.66 bits per heavy atom. The number of hydrogen-bond acceptors (Lipinski definition) is 6. The number of para-hydroxylation sites is 1. The van der Waals surface area contributed by atoms with Crippen molar-refractivity contribution in [2.75, 3.05) is 31.1 Å². The van der Waals surface area contributed by atoms with E-state index >= 15 is 0 Å². The van der Waals surface area contributed by atoms with E-state index in [9.17, 15) is 14.4 Å². The molecule has 4 N–H and O–H groups in total. The monoisotopic (exact) mass is 395 g/mol. The quantitative estimate of drug-likeness (QED) is 0.529. The highest BCUT2D eigenvalue weighted by atomic mass is 16.2. The molecule has 29 heavy (non-hydrogen) atoms. The first-order valence-corrected chi connectivity index (χ1v) is 9.22. The van der Waals surface area contributed by atoms with Gasteiger partial charge in [0.05, 0.1) is 5.69 Å². The number of nitrogens with zero attached hydrogens (tertiary/aromatic N) is 4. The molecule has 0 saturated carbocycles. The molecule has 4 rings (SSSR count). The molecule has 1 fully saturated rings. The molecule has 10 nitrogen and oxygen atoms in total. The number of carbonyl (C=O) groups is 1. The van der Waals surface area contributed by atoms with Crippen LogP contribution in [0.25, 0.3) is 22.9 Å². The van der Waals surface area contributed by atoms with Crippen molar-refractivity contribution in [3.63, 3.8) is 0 Å². The van der Waals surface area contributed by atoms with Crippen LogP contribution in [0.1, 0.15) is 5.56 Å². The van der Waals surface area contributed by atoms with Crippen LogP contribution >= 0.6 is 0 Å². The summed E-state index contributed by atoms with van der Waals surface area (Å²) in [5.41, 5.74) is 5.79. The second-order valence-electron chi connectivity index (χ2n) is 6.73. The third kappa shape index (κ3) is 3.23. The molecule has 1 aliphatic heterocycles. The van der Waals surface area contributed by atoms with Crippen LogP contribution in [-0.4, -0.2) is 51.2 Å². The lowest BCUT2D eigenvalue weighted by Gasteiger charge is -2.29. The zero-order chi connectivity index (χ0) is 20.5. The fourth-order valence-electron chi connectivity index (χ4n) is 3.58. The number of aromatic amines is 1. The lowest BCUT2D eigenvalue weighted by Crippen LogP contribution is -2.44. The van der Waals surface area contributed by atoms with Gasteiger partial charge in [-0.1, -0.05) is 30.9 Å². The van der Waals surface area contributed by atoms with Crippen LogP contribution < -0.4 is 27.2 Å². The summed E-state index contributed by atoms with van der Waals surface area (Å²) in [5, 5.41) is 3.28. The molecule has 0 aliphatic carbocycles. The van der Waals surface area contributed by atoms with Crippen molar-refractivity contribution in [2.24, 2.45) is 5.73 Å². The number of anilines is 1. The third-order valence-electron chi connectivity index (χ3n) is 4.89. The normalized spacial score (nSPS) is 14.3. The van der Waals surface area contributed by atoms with Crippen LogP contribution in [0.4, 0.5) is 5.95 Å². The minimum atomic E-state index is -0.727. The molecule has 2 aromatic heterocycles.